The van der Waals surface area contributed by atoms with Crippen molar-refractivity contribution in [2.75, 3.05) is 0 Å². The van der Waals surface area contributed by atoms with Crippen LogP contribution in [0.5, 0.6) is 0 Å². The summed E-state index contributed by atoms with van der Waals surface area (Å²) in [5, 5.41) is 0. The van der Waals surface area contributed by atoms with Gasteiger partial charge in [0.25, 0.3) is 0 Å². The number of pyridine rings is 2. The maximum Gasteiger partial charge on any atom is 0.193 e. The Morgan fingerprint density at radius 3 is 1.26 bits per heavy atom. The molecule has 0 bridgehead atoms. The van der Waals surface area contributed by atoms with Gasteiger partial charge in [-0.3, -0.25) is 19.6 Å². The Labute approximate surface area is 205 Å². The lowest BCUT2D eigenvalue weighted by Gasteiger charge is -2.15. The zero-order chi connectivity index (χ0) is 25.8. The molecule has 0 aliphatic carbocycles. The van der Waals surface area contributed by atoms with Gasteiger partial charge in [0.2, 0.25) is 0 Å². The fourth-order valence-electron chi connectivity index (χ4n) is 3.48. The fraction of sp³-hybridized carbons (Fsp3) is 0.0667. The molecule has 0 unspecified atom stereocenters. The number of carbonyl (C=O) groups excluding carboxylic acids is 3. The van der Waals surface area contributed by atoms with Crippen molar-refractivity contribution in [2.24, 2.45) is 0 Å². The number of aryl methyl sites for hydroxylation is 2. The summed E-state index contributed by atoms with van der Waals surface area (Å²) in [5.74, 6) is -0.196. The van der Waals surface area contributed by atoms with E-state index in [1.165, 1.54) is 0 Å². The molecule has 0 amide bonds. The van der Waals surface area contributed by atoms with E-state index in [4.69, 9.17) is 4.79 Å². The first-order valence-electron chi connectivity index (χ1n) is 10.7. The van der Waals surface area contributed by atoms with Crippen LogP contribution in [-0.4, -0.2) is 28.3 Å². The standard InChI is InChI=1S/C26H20N2O2.C3H4.CH2O/c1-17-3-5-21(23(15-17)25(29)19-7-11-27-12-8-19)22-6-4-18(2)16-24(22)26(30)20-9-13-28-14-10-20;1-3-2;1-2/h3-16H,1-2H3;1-2H2;1H2. The van der Waals surface area contributed by atoms with Crippen molar-refractivity contribution < 1.29 is 14.4 Å². The number of nitrogens with zero attached hydrogens (tertiary/aromatic N) is 2. The van der Waals surface area contributed by atoms with Crippen LogP contribution in [0.2, 0.25) is 0 Å². The first kappa shape index (κ1) is 26.5. The molecule has 4 aromatic rings. The highest BCUT2D eigenvalue weighted by molar-refractivity contribution is 6.17. The minimum atomic E-state index is -0.0982. The van der Waals surface area contributed by atoms with Crippen LogP contribution in [0, 0.1) is 13.8 Å². The number of rotatable bonds is 5. The molecule has 2 aromatic heterocycles. The van der Waals surface area contributed by atoms with Gasteiger partial charge < -0.3 is 4.79 Å². The van der Waals surface area contributed by atoms with E-state index in [-0.39, 0.29) is 11.6 Å². The van der Waals surface area contributed by atoms with E-state index in [2.05, 4.69) is 28.9 Å². The lowest BCUT2D eigenvalue weighted by atomic mass is 9.87. The highest BCUT2D eigenvalue weighted by atomic mass is 16.1. The predicted octanol–water partition coefficient (Wildman–Crippen LogP) is 5.99. The molecule has 0 radical (unpaired) electrons. The van der Waals surface area contributed by atoms with Crippen molar-refractivity contribution in [3.63, 3.8) is 0 Å². The van der Waals surface area contributed by atoms with E-state index in [0.29, 0.717) is 22.3 Å². The van der Waals surface area contributed by atoms with Gasteiger partial charge in [0.1, 0.15) is 6.79 Å². The average Bonchev–Trinajstić information content (AvgIpc) is 2.90. The third-order valence-electron chi connectivity index (χ3n) is 5.01. The number of carbonyl (C=O) groups is 3. The summed E-state index contributed by atoms with van der Waals surface area (Å²) in [6, 6.07) is 18.3. The monoisotopic (exact) mass is 462 g/mol. The topological polar surface area (TPSA) is 77.0 Å². The first-order chi connectivity index (χ1) is 17.0. The first-order valence-corrected chi connectivity index (χ1v) is 10.7. The van der Waals surface area contributed by atoms with Crippen molar-refractivity contribution in [3.05, 3.63) is 138 Å². The number of hydrogen-bond acceptors (Lipinski definition) is 5. The van der Waals surface area contributed by atoms with Crippen molar-refractivity contribution in [3.8, 4) is 11.1 Å². The maximum absolute atomic E-state index is 13.3. The van der Waals surface area contributed by atoms with E-state index >= 15 is 0 Å². The van der Waals surface area contributed by atoms with E-state index in [0.717, 1.165) is 22.3 Å². The summed E-state index contributed by atoms with van der Waals surface area (Å²) >= 11 is 0. The zero-order valence-electron chi connectivity index (χ0n) is 19.8. The smallest absolute Gasteiger partial charge is 0.193 e. The molecular formula is C30H26N2O3. The Morgan fingerprint density at radius 1 is 0.629 bits per heavy atom. The molecule has 0 aliphatic heterocycles. The molecule has 5 heteroatoms. The molecular weight excluding hydrogens is 436 g/mol. The Kier molecular flexibility index (Phi) is 9.92. The SMILES string of the molecule is C=C=C.C=O.Cc1ccc(-c2ccc(C)cc2C(=O)c2ccncc2)c(C(=O)c2ccncc2)c1. The van der Waals surface area contributed by atoms with Gasteiger partial charge >= 0.3 is 0 Å². The highest BCUT2D eigenvalue weighted by Crippen LogP contribution is 2.31. The molecule has 0 aliphatic rings. The van der Waals surface area contributed by atoms with Crippen LogP contribution in [0.4, 0.5) is 0 Å². The second-order valence-corrected chi connectivity index (χ2v) is 7.48. The van der Waals surface area contributed by atoms with Crippen LogP contribution < -0.4 is 0 Å². The van der Waals surface area contributed by atoms with E-state index < -0.39 is 0 Å². The summed E-state index contributed by atoms with van der Waals surface area (Å²) in [5.41, 5.74) is 7.93. The molecule has 0 saturated heterocycles. The van der Waals surface area contributed by atoms with Gasteiger partial charge in [0.05, 0.1) is 0 Å². The van der Waals surface area contributed by atoms with Crippen molar-refractivity contribution >= 4 is 18.4 Å². The van der Waals surface area contributed by atoms with Crippen LogP contribution in [0.1, 0.15) is 43.0 Å². The Balaban J connectivity index is 0.000000803. The lowest BCUT2D eigenvalue weighted by Crippen LogP contribution is -2.08. The summed E-state index contributed by atoms with van der Waals surface area (Å²) in [6.45, 7) is 12.1. The molecule has 0 spiro atoms. The Morgan fingerprint density at radius 2 is 0.943 bits per heavy atom. The quantitative estimate of drug-likeness (QED) is 0.269. The summed E-state index contributed by atoms with van der Waals surface area (Å²) in [7, 11) is 0. The maximum atomic E-state index is 13.3. The highest BCUT2D eigenvalue weighted by Gasteiger charge is 2.20. The van der Waals surface area contributed by atoms with Gasteiger partial charge in [0.15, 0.2) is 11.6 Å². The van der Waals surface area contributed by atoms with E-state index in [9.17, 15) is 9.59 Å². The van der Waals surface area contributed by atoms with Crippen molar-refractivity contribution in [2.45, 2.75) is 13.8 Å². The van der Waals surface area contributed by atoms with Crippen LogP contribution in [0.15, 0.2) is 104 Å². The molecule has 4 rings (SSSR count). The molecule has 2 heterocycles. The molecule has 174 valence electrons. The van der Waals surface area contributed by atoms with Gasteiger partial charge in [-0.25, -0.2) is 0 Å². The van der Waals surface area contributed by atoms with Crippen LogP contribution in [0.3, 0.4) is 0 Å². The van der Waals surface area contributed by atoms with Crippen molar-refractivity contribution in [1.29, 1.82) is 0 Å². The fourth-order valence-corrected chi connectivity index (χ4v) is 3.48. The van der Waals surface area contributed by atoms with Crippen molar-refractivity contribution in [1.82, 2.24) is 9.97 Å². The van der Waals surface area contributed by atoms with Crippen LogP contribution in [-0.2, 0) is 4.79 Å². The lowest BCUT2D eigenvalue weighted by molar-refractivity contribution is -0.0980. The molecule has 0 N–H and O–H groups in total. The number of ketones is 2. The molecule has 35 heavy (non-hydrogen) atoms. The number of benzene rings is 2. The minimum Gasteiger partial charge on any atom is -0.307 e. The van der Waals surface area contributed by atoms with Gasteiger partial charge in [-0.2, -0.15) is 0 Å². The second-order valence-electron chi connectivity index (χ2n) is 7.48. The minimum absolute atomic E-state index is 0.0982. The predicted molar refractivity (Wildman–Crippen MR) is 139 cm³/mol. The molecule has 2 aromatic carbocycles. The Bertz CT molecular complexity index is 1240. The van der Waals surface area contributed by atoms with Gasteiger partial charge in [0, 0.05) is 47.0 Å². The van der Waals surface area contributed by atoms with Gasteiger partial charge in [-0.1, -0.05) is 48.6 Å². The van der Waals surface area contributed by atoms with E-state index in [1.807, 2.05) is 57.0 Å². The molecule has 0 atom stereocenters. The summed E-state index contributed by atoms with van der Waals surface area (Å²) in [6.07, 6.45) is 6.42. The molecule has 0 fully saturated rings. The van der Waals surface area contributed by atoms with Gasteiger partial charge in [-0.05, 0) is 61.4 Å². The zero-order valence-corrected chi connectivity index (χ0v) is 19.8. The number of hydrogen-bond donors (Lipinski definition) is 0. The average molecular weight is 463 g/mol. The van der Waals surface area contributed by atoms with Gasteiger partial charge in [-0.15, -0.1) is 5.73 Å². The normalized spacial score (nSPS) is 9.43. The third-order valence-corrected chi connectivity index (χ3v) is 5.01. The largest absolute Gasteiger partial charge is 0.307 e. The van der Waals surface area contributed by atoms with Crippen LogP contribution >= 0.6 is 0 Å². The Hall–Kier alpha value is -4.73. The molecule has 5 nitrogen and oxygen atoms in total. The van der Waals surface area contributed by atoms with Crippen LogP contribution in [0.25, 0.3) is 11.1 Å². The third kappa shape index (κ3) is 6.64. The number of aromatic nitrogens is 2. The second kappa shape index (κ2) is 13.1. The summed E-state index contributed by atoms with van der Waals surface area (Å²) in [4.78, 5) is 42.6. The summed E-state index contributed by atoms with van der Waals surface area (Å²) < 4.78 is 0. The van der Waals surface area contributed by atoms with E-state index in [1.54, 1.807) is 49.1 Å². The molecule has 0 saturated carbocycles.